The Labute approximate surface area is 168 Å². The van der Waals surface area contributed by atoms with E-state index in [4.69, 9.17) is 9.26 Å². The molecule has 0 saturated carbocycles. The van der Waals surface area contributed by atoms with Crippen LogP contribution in [0.15, 0.2) is 47.1 Å². The molecule has 150 valence electrons. The molecule has 0 aliphatic carbocycles. The van der Waals surface area contributed by atoms with Crippen LogP contribution in [0, 0.1) is 6.92 Å². The number of ether oxygens (including phenoxy) is 1. The van der Waals surface area contributed by atoms with Gasteiger partial charge in [0.15, 0.2) is 5.78 Å². The lowest BCUT2D eigenvalue weighted by atomic mass is 9.99. The van der Waals surface area contributed by atoms with Crippen molar-refractivity contribution in [1.29, 1.82) is 0 Å². The number of methoxy groups -OCH3 is 1. The summed E-state index contributed by atoms with van der Waals surface area (Å²) in [7, 11) is 1.64. The molecule has 7 nitrogen and oxygen atoms in total. The standard InChI is InChI=1S/C22H23N3O4/c1-14-19(20(24-29-14)15-7-4-3-5-8-15)21(26)16-11-18(23-12-16)22(27)25-10-6-9-17(25)13-28-2/h3-5,7-8,11-12,17,23H,6,9-10,13H2,1-2H3. The molecule has 1 amide bonds. The molecular formula is C22H23N3O4. The Morgan fingerprint density at radius 2 is 2.10 bits per heavy atom. The first-order valence-corrected chi connectivity index (χ1v) is 9.65. The Kier molecular flexibility index (Phi) is 5.31. The molecule has 3 aromatic rings. The van der Waals surface area contributed by atoms with E-state index in [1.807, 2.05) is 35.2 Å². The number of hydrogen-bond acceptors (Lipinski definition) is 5. The van der Waals surface area contributed by atoms with Crippen molar-refractivity contribution < 1.29 is 18.8 Å². The van der Waals surface area contributed by atoms with E-state index in [-0.39, 0.29) is 17.7 Å². The van der Waals surface area contributed by atoms with E-state index in [9.17, 15) is 9.59 Å². The van der Waals surface area contributed by atoms with Gasteiger partial charge in [-0.1, -0.05) is 35.5 Å². The number of hydrogen-bond donors (Lipinski definition) is 1. The number of aromatic nitrogens is 2. The lowest BCUT2D eigenvalue weighted by molar-refractivity contribution is 0.0625. The highest BCUT2D eigenvalue weighted by Gasteiger charge is 2.31. The van der Waals surface area contributed by atoms with E-state index in [2.05, 4.69) is 10.1 Å². The summed E-state index contributed by atoms with van der Waals surface area (Å²) in [6, 6.07) is 11.1. The zero-order valence-electron chi connectivity index (χ0n) is 16.5. The fraction of sp³-hybridized carbons (Fsp3) is 0.318. The zero-order chi connectivity index (χ0) is 20.4. The summed E-state index contributed by atoms with van der Waals surface area (Å²) < 4.78 is 10.5. The summed E-state index contributed by atoms with van der Waals surface area (Å²) >= 11 is 0. The average Bonchev–Trinajstić information content (AvgIpc) is 3.48. The second-order valence-corrected chi connectivity index (χ2v) is 7.21. The lowest BCUT2D eigenvalue weighted by Crippen LogP contribution is -2.38. The van der Waals surface area contributed by atoms with Crippen molar-refractivity contribution in [1.82, 2.24) is 15.0 Å². The van der Waals surface area contributed by atoms with Gasteiger partial charge in [0.2, 0.25) is 0 Å². The van der Waals surface area contributed by atoms with Crippen molar-refractivity contribution in [2.45, 2.75) is 25.8 Å². The molecule has 7 heteroatoms. The van der Waals surface area contributed by atoms with Gasteiger partial charge in [0, 0.05) is 31.0 Å². The predicted octanol–water partition coefficient (Wildman–Crippen LogP) is 3.46. The van der Waals surface area contributed by atoms with E-state index in [0.717, 1.165) is 18.4 Å². The second kappa shape index (κ2) is 8.05. The monoisotopic (exact) mass is 393 g/mol. The molecule has 1 aromatic carbocycles. The maximum atomic E-state index is 13.2. The third-order valence-corrected chi connectivity index (χ3v) is 5.31. The molecule has 29 heavy (non-hydrogen) atoms. The highest BCUT2D eigenvalue weighted by Crippen LogP contribution is 2.28. The molecule has 1 N–H and O–H groups in total. The lowest BCUT2D eigenvalue weighted by Gasteiger charge is -2.23. The Hall–Kier alpha value is -3.19. The molecule has 3 heterocycles. The van der Waals surface area contributed by atoms with E-state index >= 15 is 0 Å². The van der Waals surface area contributed by atoms with Gasteiger partial charge in [-0.15, -0.1) is 0 Å². The third kappa shape index (κ3) is 3.61. The van der Waals surface area contributed by atoms with Crippen LogP contribution in [0.1, 0.15) is 45.0 Å². The summed E-state index contributed by atoms with van der Waals surface area (Å²) in [6.45, 7) is 2.92. The van der Waals surface area contributed by atoms with Crippen molar-refractivity contribution in [2.24, 2.45) is 0 Å². The van der Waals surface area contributed by atoms with E-state index < -0.39 is 0 Å². The summed E-state index contributed by atoms with van der Waals surface area (Å²) in [4.78, 5) is 30.9. The number of carbonyl (C=O) groups is 2. The van der Waals surface area contributed by atoms with Gasteiger partial charge in [0.1, 0.15) is 17.1 Å². The Balaban J connectivity index is 1.60. The van der Waals surface area contributed by atoms with E-state index in [1.165, 1.54) is 0 Å². The topological polar surface area (TPSA) is 88.4 Å². The summed E-state index contributed by atoms with van der Waals surface area (Å²) in [5.74, 6) is 0.101. The number of amides is 1. The van der Waals surface area contributed by atoms with Crippen LogP contribution in [-0.2, 0) is 4.74 Å². The molecule has 4 rings (SSSR count). The predicted molar refractivity (Wildman–Crippen MR) is 107 cm³/mol. The number of nitrogens with one attached hydrogen (secondary N) is 1. The number of rotatable bonds is 6. The number of aromatic amines is 1. The molecule has 1 aliphatic heterocycles. The van der Waals surface area contributed by atoms with E-state index in [0.29, 0.717) is 41.4 Å². The van der Waals surface area contributed by atoms with Crippen molar-refractivity contribution in [2.75, 3.05) is 20.3 Å². The second-order valence-electron chi connectivity index (χ2n) is 7.21. The number of carbonyl (C=O) groups excluding carboxylic acids is 2. The highest BCUT2D eigenvalue weighted by molar-refractivity contribution is 6.13. The maximum absolute atomic E-state index is 13.2. The molecule has 1 aliphatic rings. The summed E-state index contributed by atoms with van der Waals surface area (Å²) in [6.07, 6.45) is 3.44. The fourth-order valence-corrected chi connectivity index (χ4v) is 3.85. The van der Waals surface area contributed by atoms with Gasteiger partial charge in [-0.3, -0.25) is 9.59 Å². The van der Waals surface area contributed by atoms with Gasteiger partial charge < -0.3 is 19.1 Å². The molecule has 0 spiro atoms. The minimum absolute atomic E-state index is 0.0694. The van der Waals surface area contributed by atoms with Gasteiger partial charge in [0.25, 0.3) is 5.91 Å². The van der Waals surface area contributed by atoms with Crippen LogP contribution in [0.5, 0.6) is 0 Å². The Morgan fingerprint density at radius 1 is 1.31 bits per heavy atom. The van der Waals surface area contributed by atoms with Crippen LogP contribution in [0.3, 0.4) is 0 Å². The van der Waals surface area contributed by atoms with Gasteiger partial charge in [-0.05, 0) is 25.8 Å². The Morgan fingerprint density at radius 3 is 2.86 bits per heavy atom. The van der Waals surface area contributed by atoms with Gasteiger partial charge >= 0.3 is 0 Å². The van der Waals surface area contributed by atoms with Crippen LogP contribution in [-0.4, -0.2) is 53.0 Å². The van der Waals surface area contributed by atoms with Crippen molar-refractivity contribution >= 4 is 11.7 Å². The van der Waals surface area contributed by atoms with Crippen LogP contribution >= 0.6 is 0 Å². The number of H-pyrrole nitrogens is 1. The van der Waals surface area contributed by atoms with Crippen molar-refractivity contribution in [3.05, 3.63) is 65.2 Å². The number of ketones is 1. The first-order chi connectivity index (χ1) is 14.1. The summed E-state index contributed by atoms with van der Waals surface area (Å²) in [5.41, 5.74) is 2.51. The van der Waals surface area contributed by atoms with Crippen LogP contribution in [0.4, 0.5) is 0 Å². The fourth-order valence-electron chi connectivity index (χ4n) is 3.85. The van der Waals surface area contributed by atoms with E-state index in [1.54, 1.807) is 26.3 Å². The largest absolute Gasteiger partial charge is 0.383 e. The minimum Gasteiger partial charge on any atom is -0.383 e. The quantitative estimate of drug-likeness (QED) is 0.648. The van der Waals surface area contributed by atoms with Gasteiger partial charge in [0.05, 0.1) is 18.2 Å². The SMILES string of the molecule is COCC1CCCN1C(=O)c1cc(C(=O)c2c(-c3ccccc3)noc2C)c[nH]1. The molecule has 1 fully saturated rings. The highest BCUT2D eigenvalue weighted by atomic mass is 16.5. The average molecular weight is 393 g/mol. The van der Waals surface area contributed by atoms with Gasteiger partial charge in [-0.25, -0.2) is 0 Å². The summed E-state index contributed by atoms with van der Waals surface area (Å²) in [5, 5.41) is 4.07. The molecule has 2 aromatic heterocycles. The van der Waals surface area contributed by atoms with Gasteiger partial charge in [-0.2, -0.15) is 0 Å². The van der Waals surface area contributed by atoms with Crippen LogP contribution in [0.25, 0.3) is 11.3 Å². The van der Waals surface area contributed by atoms with Crippen molar-refractivity contribution in [3.63, 3.8) is 0 Å². The van der Waals surface area contributed by atoms with Crippen LogP contribution in [0.2, 0.25) is 0 Å². The third-order valence-electron chi connectivity index (χ3n) is 5.31. The maximum Gasteiger partial charge on any atom is 0.270 e. The number of nitrogens with zero attached hydrogens (tertiary/aromatic N) is 2. The molecular weight excluding hydrogens is 370 g/mol. The molecule has 1 atom stereocenters. The smallest absolute Gasteiger partial charge is 0.270 e. The Bertz CT molecular complexity index is 1020. The first kappa shape index (κ1) is 19.1. The molecule has 0 radical (unpaired) electrons. The molecule has 0 bridgehead atoms. The number of aryl methyl sites for hydroxylation is 1. The molecule has 1 unspecified atom stereocenters. The van der Waals surface area contributed by atoms with Crippen molar-refractivity contribution in [3.8, 4) is 11.3 Å². The zero-order valence-corrected chi connectivity index (χ0v) is 16.5. The van der Waals surface area contributed by atoms with Crippen LogP contribution < -0.4 is 0 Å². The molecule has 1 saturated heterocycles. The number of benzene rings is 1. The minimum atomic E-state index is -0.229. The normalized spacial score (nSPS) is 16.3. The first-order valence-electron chi connectivity index (χ1n) is 9.65. The number of likely N-dealkylation sites (tertiary alicyclic amines) is 1.